The van der Waals surface area contributed by atoms with Gasteiger partial charge in [-0.25, -0.2) is 0 Å². The molecule has 1 aliphatic heterocycles. The Kier molecular flexibility index (Phi) is 34.6. The molecule has 332 valence electrons. The molecule has 1 fully saturated rings. The van der Waals surface area contributed by atoms with Crippen LogP contribution in [0.3, 0.4) is 0 Å². The van der Waals surface area contributed by atoms with Crippen molar-refractivity contribution < 1.29 is 44.9 Å². The van der Waals surface area contributed by atoms with Crippen LogP contribution in [0.25, 0.3) is 0 Å². The van der Waals surface area contributed by atoms with Crippen LogP contribution in [0.2, 0.25) is 0 Å². The maximum absolute atomic E-state index is 13.0. The fourth-order valence-electron chi connectivity index (χ4n) is 6.89. The predicted molar refractivity (Wildman–Crippen MR) is 232 cm³/mol. The van der Waals surface area contributed by atoms with Crippen LogP contribution in [0, 0.1) is 0 Å². The highest BCUT2D eigenvalue weighted by Gasteiger charge is 2.44. The lowest BCUT2D eigenvalue weighted by Gasteiger charge is -2.40. The second kappa shape index (κ2) is 37.1. The summed E-state index contributed by atoms with van der Waals surface area (Å²) in [6.07, 6.45) is 36.2. The number of aliphatic hydroxyl groups is 6. The van der Waals surface area contributed by atoms with Crippen LogP contribution in [0.5, 0.6) is 0 Å². The van der Waals surface area contributed by atoms with Gasteiger partial charge in [0.2, 0.25) is 5.91 Å². The minimum atomic E-state index is -1.62. The Hall–Kier alpha value is -1.89. The van der Waals surface area contributed by atoms with E-state index in [-0.39, 0.29) is 6.61 Å². The molecule has 0 aromatic carbocycles. The van der Waals surface area contributed by atoms with Crippen LogP contribution in [-0.2, 0) is 14.3 Å². The van der Waals surface area contributed by atoms with Gasteiger partial charge in [-0.3, -0.25) is 4.79 Å². The van der Waals surface area contributed by atoms with Gasteiger partial charge in [-0.05, 0) is 70.6 Å². The third-order valence-electron chi connectivity index (χ3n) is 10.7. The predicted octanol–water partition coefficient (Wildman–Crippen LogP) is 8.42. The molecular formula is C47H85NO9. The maximum atomic E-state index is 13.0. The zero-order valence-electron chi connectivity index (χ0n) is 35.9. The monoisotopic (exact) mass is 808 g/mol. The Labute approximate surface area is 346 Å². The Bertz CT molecular complexity index is 1050. The van der Waals surface area contributed by atoms with Crippen molar-refractivity contribution in [1.82, 2.24) is 5.32 Å². The van der Waals surface area contributed by atoms with Crippen LogP contribution >= 0.6 is 0 Å². The third-order valence-corrected chi connectivity index (χ3v) is 10.7. The van der Waals surface area contributed by atoms with Gasteiger partial charge in [-0.15, -0.1) is 0 Å². The second-order valence-corrected chi connectivity index (χ2v) is 16.0. The van der Waals surface area contributed by atoms with Crippen LogP contribution in [0.1, 0.15) is 181 Å². The van der Waals surface area contributed by atoms with Crippen molar-refractivity contribution in [2.75, 3.05) is 13.2 Å². The fraction of sp³-hybridized carbons (Fsp3) is 0.809. The van der Waals surface area contributed by atoms with Crippen molar-refractivity contribution in [3.63, 3.8) is 0 Å². The van der Waals surface area contributed by atoms with E-state index in [4.69, 9.17) is 9.47 Å². The summed E-state index contributed by atoms with van der Waals surface area (Å²) in [5.41, 5.74) is 0. The number of aliphatic hydroxyl groups excluding tert-OH is 6. The molecule has 0 spiro atoms. The first-order valence-corrected chi connectivity index (χ1v) is 23.0. The van der Waals surface area contributed by atoms with E-state index in [9.17, 15) is 35.4 Å². The summed E-state index contributed by atoms with van der Waals surface area (Å²) in [5, 5.41) is 64.6. The van der Waals surface area contributed by atoms with Gasteiger partial charge >= 0.3 is 0 Å². The topological polar surface area (TPSA) is 169 Å². The molecule has 0 radical (unpaired) electrons. The van der Waals surface area contributed by atoms with Crippen molar-refractivity contribution in [3.05, 3.63) is 48.6 Å². The summed E-state index contributed by atoms with van der Waals surface area (Å²) in [6.45, 7) is 3.54. The lowest BCUT2D eigenvalue weighted by atomic mass is 9.99. The number of unbranched alkanes of at least 4 members (excludes halogenated alkanes) is 20. The molecule has 10 nitrogen and oxygen atoms in total. The lowest BCUT2D eigenvalue weighted by Crippen LogP contribution is -2.60. The minimum absolute atomic E-state index is 0.292. The zero-order valence-corrected chi connectivity index (χ0v) is 35.9. The summed E-state index contributed by atoms with van der Waals surface area (Å²) >= 11 is 0. The summed E-state index contributed by atoms with van der Waals surface area (Å²) in [6, 6.07) is -1.01. The van der Waals surface area contributed by atoms with Crippen molar-refractivity contribution in [1.29, 1.82) is 0 Å². The van der Waals surface area contributed by atoms with Crippen LogP contribution in [0.15, 0.2) is 48.6 Å². The molecule has 0 aromatic rings. The molecule has 8 atom stereocenters. The molecule has 0 aliphatic carbocycles. The van der Waals surface area contributed by atoms with E-state index in [0.29, 0.717) is 19.3 Å². The zero-order chi connectivity index (χ0) is 41.8. The van der Waals surface area contributed by atoms with E-state index in [2.05, 4.69) is 55.6 Å². The summed E-state index contributed by atoms with van der Waals surface area (Å²) in [5.74, 6) is -0.637. The van der Waals surface area contributed by atoms with E-state index >= 15 is 0 Å². The number of ether oxygens (including phenoxy) is 2. The molecule has 1 aliphatic rings. The largest absolute Gasteiger partial charge is 0.394 e. The second-order valence-electron chi connectivity index (χ2n) is 16.0. The minimum Gasteiger partial charge on any atom is -0.394 e. The van der Waals surface area contributed by atoms with Gasteiger partial charge in [0, 0.05) is 0 Å². The van der Waals surface area contributed by atoms with Crippen molar-refractivity contribution in [3.8, 4) is 0 Å². The number of rotatable bonds is 37. The van der Waals surface area contributed by atoms with Gasteiger partial charge < -0.3 is 45.4 Å². The molecule has 1 rings (SSSR count). The number of amides is 1. The Morgan fingerprint density at radius 2 is 1.04 bits per heavy atom. The van der Waals surface area contributed by atoms with Gasteiger partial charge in [0.25, 0.3) is 0 Å². The molecule has 1 amide bonds. The highest BCUT2D eigenvalue weighted by atomic mass is 16.7. The number of nitrogens with one attached hydrogen (secondary N) is 1. The average Bonchev–Trinajstić information content (AvgIpc) is 3.21. The molecule has 10 heteroatoms. The van der Waals surface area contributed by atoms with Crippen LogP contribution < -0.4 is 5.32 Å². The lowest BCUT2D eigenvalue weighted by molar-refractivity contribution is -0.302. The normalized spacial score (nSPS) is 22.0. The standard InChI is InChI=1S/C47H85NO9/c1-3-5-7-9-11-13-15-17-19-20-21-22-24-26-28-30-32-34-36-41(51)46(55)48-39(38-56-47-45(54)44(53)43(52)42(37-49)57-47)40(50)35-33-31-29-27-25-23-18-16-14-12-10-8-6-4-2/h14,16,20-21,25,27,33,35,39-45,47,49-54H,3-13,15,17-19,22-24,26,28-32,34,36-38H2,1-2H3,(H,48,55)/b16-14+,21-20-,27-25+,35-33+. The summed E-state index contributed by atoms with van der Waals surface area (Å²) in [7, 11) is 0. The smallest absolute Gasteiger partial charge is 0.249 e. The van der Waals surface area contributed by atoms with E-state index in [1.165, 1.54) is 96.3 Å². The van der Waals surface area contributed by atoms with Crippen LogP contribution in [0.4, 0.5) is 0 Å². The Balaban J connectivity index is 2.45. The number of hydrogen-bond donors (Lipinski definition) is 7. The van der Waals surface area contributed by atoms with Crippen LogP contribution in [-0.4, -0.2) is 98.7 Å². The molecule has 7 N–H and O–H groups in total. The Morgan fingerprint density at radius 3 is 1.54 bits per heavy atom. The molecule has 0 bridgehead atoms. The van der Waals surface area contributed by atoms with Crippen molar-refractivity contribution in [2.24, 2.45) is 0 Å². The van der Waals surface area contributed by atoms with Gasteiger partial charge in [0.15, 0.2) is 6.29 Å². The summed E-state index contributed by atoms with van der Waals surface area (Å²) in [4.78, 5) is 13.0. The van der Waals surface area contributed by atoms with E-state index in [0.717, 1.165) is 51.4 Å². The van der Waals surface area contributed by atoms with Gasteiger partial charge in [0.05, 0.1) is 25.4 Å². The molecule has 57 heavy (non-hydrogen) atoms. The molecule has 8 unspecified atom stereocenters. The van der Waals surface area contributed by atoms with Gasteiger partial charge in [-0.1, -0.05) is 159 Å². The number of carbonyl (C=O) groups is 1. The number of allylic oxidation sites excluding steroid dienone is 7. The highest BCUT2D eigenvalue weighted by Crippen LogP contribution is 2.22. The fourth-order valence-corrected chi connectivity index (χ4v) is 6.89. The number of hydrogen-bond acceptors (Lipinski definition) is 9. The van der Waals surface area contributed by atoms with Gasteiger partial charge in [0.1, 0.15) is 30.5 Å². The van der Waals surface area contributed by atoms with Crippen molar-refractivity contribution in [2.45, 2.75) is 230 Å². The molecule has 1 saturated heterocycles. The first-order valence-electron chi connectivity index (χ1n) is 23.0. The summed E-state index contributed by atoms with van der Waals surface area (Å²) < 4.78 is 11.1. The Morgan fingerprint density at radius 1 is 0.596 bits per heavy atom. The van der Waals surface area contributed by atoms with E-state index < -0.39 is 61.5 Å². The quantitative estimate of drug-likeness (QED) is 0.0241. The van der Waals surface area contributed by atoms with E-state index in [1.807, 2.05) is 6.08 Å². The first-order chi connectivity index (χ1) is 27.8. The van der Waals surface area contributed by atoms with Crippen molar-refractivity contribution >= 4 is 5.91 Å². The molecule has 0 aromatic heterocycles. The molecular weight excluding hydrogens is 723 g/mol. The van der Waals surface area contributed by atoms with Gasteiger partial charge in [-0.2, -0.15) is 0 Å². The number of carbonyl (C=O) groups excluding carboxylic acids is 1. The maximum Gasteiger partial charge on any atom is 0.249 e. The third kappa shape index (κ3) is 27.5. The molecule has 0 saturated carbocycles. The van der Waals surface area contributed by atoms with E-state index in [1.54, 1.807) is 6.08 Å². The molecule has 1 heterocycles. The average molecular weight is 808 g/mol. The first kappa shape index (κ1) is 53.1. The highest BCUT2D eigenvalue weighted by molar-refractivity contribution is 5.80. The SMILES string of the molecule is CCCCCC/C=C/CC/C=C/CC/C=C/C(O)C(COC1OC(CO)C(O)C(O)C1O)NC(=O)C(O)CCCCCCCC/C=C\CCCCCCCCCC.